The maximum atomic E-state index is 5.75. The molecular weight excluding hydrogens is 246 g/mol. The number of anilines is 1. The Balaban J connectivity index is 1.72. The molecule has 1 aromatic heterocycles. The Morgan fingerprint density at radius 2 is 1.83 bits per heavy atom. The van der Waals surface area contributed by atoms with Crippen molar-refractivity contribution in [2.45, 2.75) is 52.0 Å². The van der Waals surface area contributed by atoms with Crippen LogP contribution in [-0.2, 0) is 0 Å². The molecule has 0 spiro atoms. The molecule has 3 rings (SSSR count). The molecule has 2 aliphatic rings. The van der Waals surface area contributed by atoms with Crippen LogP contribution in [0, 0.1) is 10.8 Å². The van der Waals surface area contributed by atoms with Gasteiger partial charge < -0.3 is 5.32 Å². The molecule has 4 heteroatoms. The Bertz CT molecular complexity index is 429. The smallest absolute Gasteiger partial charge is 0.151 e. The van der Waals surface area contributed by atoms with E-state index in [-0.39, 0.29) is 0 Å². The zero-order valence-electron chi connectivity index (χ0n) is 11.0. The molecular formula is C14H20ClN3. The Hall–Kier alpha value is -0.830. The van der Waals surface area contributed by atoms with E-state index >= 15 is 0 Å². The van der Waals surface area contributed by atoms with Gasteiger partial charge in [0.2, 0.25) is 0 Å². The Kier molecular flexibility index (Phi) is 2.77. The van der Waals surface area contributed by atoms with Crippen LogP contribution in [0.3, 0.4) is 0 Å². The van der Waals surface area contributed by atoms with Crippen LogP contribution >= 0.6 is 11.6 Å². The first kappa shape index (κ1) is 12.2. The lowest BCUT2D eigenvalue weighted by Gasteiger charge is -2.40. The molecule has 98 valence electrons. The molecule has 2 fully saturated rings. The summed E-state index contributed by atoms with van der Waals surface area (Å²) in [6.07, 6.45) is 6.60. The molecule has 1 heterocycles. The number of aromatic nitrogens is 2. The van der Waals surface area contributed by atoms with Crippen LogP contribution in [0.2, 0.25) is 5.15 Å². The van der Waals surface area contributed by atoms with Crippen LogP contribution < -0.4 is 5.32 Å². The summed E-state index contributed by atoms with van der Waals surface area (Å²) in [4.78, 5) is 0. The van der Waals surface area contributed by atoms with Gasteiger partial charge in [0.15, 0.2) is 5.15 Å². The Labute approximate surface area is 113 Å². The van der Waals surface area contributed by atoms with Crippen molar-refractivity contribution < 1.29 is 0 Å². The third kappa shape index (κ3) is 2.33. The van der Waals surface area contributed by atoms with E-state index < -0.39 is 0 Å². The predicted molar refractivity (Wildman–Crippen MR) is 73.8 cm³/mol. The van der Waals surface area contributed by atoms with Gasteiger partial charge in [-0.1, -0.05) is 25.4 Å². The van der Waals surface area contributed by atoms with Gasteiger partial charge >= 0.3 is 0 Å². The minimum Gasteiger partial charge on any atom is -0.366 e. The van der Waals surface area contributed by atoms with Crippen molar-refractivity contribution in [3.63, 3.8) is 0 Å². The third-order valence-electron chi connectivity index (χ3n) is 4.65. The first-order chi connectivity index (χ1) is 8.46. The highest BCUT2D eigenvalue weighted by molar-refractivity contribution is 6.29. The molecule has 3 atom stereocenters. The van der Waals surface area contributed by atoms with E-state index in [1.54, 1.807) is 6.07 Å². The molecule has 1 aromatic rings. The fourth-order valence-corrected chi connectivity index (χ4v) is 4.23. The summed E-state index contributed by atoms with van der Waals surface area (Å²) in [5.41, 5.74) is 1.04. The van der Waals surface area contributed by atoms with Crippen molar-refractivity contribution in [2.75, 3.05) is 5.32 Å². The van der Waals surface area contributed by atoms with Gasteiger partial charge in [0.25, 0.3) is 0 Å². The van der Waals surface area contributed by atoms with Gasteiger partial charge in [-0.15, -0.1) is 10.2 Å². The van der Waals surface area contributed by atoms with E-state index in [0.717, 1.165) is 5.82 Å². The van der Waals surface area contributed by atoms with Gasteiger partial charge in [0.05, 0.1) is 0 Å². The van der Waals surface area contributed by atoms with E-state index in [2.05, 4.69) is 29.4 Å². The number of hydrogen-bond donors (Lipinski definition) is 1. The summed E-state index contributed by atoms with van der Waals surface area (Å²) in [5, 5.41) is 12.0. The molecule has 18 heavy (non-hydrogen) atoms. The zero-order valence-corrected chi connectivity index (χ0v) is 11.8. The van der Waals surface area contributed by atoms with Crippen molar-refractivity contribution in [3.05, 3.63) is 17.3 Å². The van der Waals surface area contributed by atoms with E-state index in [9.17, 15) is 0 Å². The molecule has 0 aromatic carbocycles. The largest absolute Gasteiger partial charge is 0.366 e. The number of nitrogens with zero attached hydrogens (tertiary/aromatic N) is 2. The van der Waals surface area contributed by atoms with Gasteiger partial charge in [0.1, 0.15) is 5.82 Å². The quantitative estimate of drug-likeness (QED) is 0.881. The average molecular weight is 266 g/mol. The highest BCUT2D eigenvalue weighted by Crippen LogP contribution is 2.58. The minimum atomic E-state index is 0.447. The number of nitrogens with one attached hydrogen (secondary N) is 1. The number of rotatable bonds is 2. The SMILES string of the molecule is C[C@]12CC[C@](C)(CC(Nc3ccc(Cl)nn3)C1)C2. The van der Waals surface area contributed by atoms with Crippen LogP contribution in [-0.4, -0.2) is 16.2 Å². The molecule has 2 saturated carbocycles. The summed E-state index contributed by atoms with van der Waals surface area (Å²) in [5.74, 6) is 0.845. The van der Waals surface area contributed by atoms with Crippen molar-refractivity contribution in [1.29, 1.82) is 0 Å². The first-order valence-corrected chi connectivity index (χ1v) is 7.10. The second-order valence-corrected chi connectivity index (χ2v) is 7.18. The highest BCUT2D eigenvalue weighted by atomic mass is 35.5. The predicted octanol–water partition coefficient (Wildman–Crippen LogP) is 3.90. The van der Waals surface area contributed by atoms with E-state index in [1.807, 2.05) is 6.07 Å². The standard InChI is InChI=1S/C14H20ClN3/c1-13-5-6-14(2,9-13)8-10(7-13)16-12-4-3-11(15)17-18-12/h3-4,10H,5-9H2,1-2H3,(H,16,18)/t10?,13-,14+. The van der Waals surface area contributed by atoms with Gasteiger partial charge in [-0.05, 0) is 55.1 Å². The van der Waals surface area contributed by atoms with Crippen molar-refractivity contribution in [3.8, 4) is 0 Å². The molecule has 3 nitrogen and oxygen atoms in total. The lowest BCUT2D eigenvalue weighted by Crippen LogP contribution is -2.37. The summed E-state index contributed by atoms with van der Waals surface area (Å²) < 4.78 is 0. The average Bonchev–Trinajstić information content (AvgIpc) is 2.51. The molecule has 0 aliphatic heterocycles. The van der Waals surface area contributed by atoms with Crippen LogP contribution in [0.4, 0.5) is 5.82 Å². The summed E-state index contributed by atoms with van der Waals surface area (Å²) in [6.45, 7) is 4.86. The zero-order chi connectivity index (χ0) is 12.8. The van der Waals surface area contributed by atoms with Crippen LogP contribution in [0.5, 0.6) is 0 Å². The molecule has 0 radical (unpaired) electrons. The number of fused-ring (bicyclic) bond motifs is 2. The molecule has 2 bridgehead atoms. The summed E-state index contributed by atoms with van der Waals surface area (Å²) in [6, 6.07) is 4.22. The van der Waals surface area contributed by atoms with Gasteiger partial charge in [-0.2, -0.15) is 0 Å². The Morgan fingerprint density at radius 1 is 1.17 bits per heavy atom. The maximum absolute atomic E-state index is 5.75. The third-order valence-corrected chi connectivity index (χ3v) is 4.85. The van der Waals surface area contributed by atoms with Crippen molar-refractivity contribution in [1.82, 2.24) is 10.2 Å². The molecule has 2 aliphatic carbocycles. The second-order valence-electron chi connectivity index (χ2n) is 6.79. The first-order valence-electron chi connectivity index (χ1n) is 6.72. The molecule has 1 N–H and O–H groups in total. The summed E-state index contributed by atoms with van der Waals surface area (Å²) >= 11 is 5.75. The maximum Gasteiger partial charge on any atom is 0.151 e. The van der Waals surface area contributed by atoms with Crippen LogP contribution in [0.15, 0.2) is 12.1 Å². The van der Waals surface area contributed by atoms with Gasteiger partial charge in [0, 0.05) is 6.04 Å². The lowest BCUT2D eigenvalue weighted by atomic mass is 9.69. The van der Waals surface area contributed by atoms with E-state index in [4.69, 9.17) is 11.6 Å². The van der Waals surface area contributed by atoms with E-state index in [1.165, 1.54) is 32.1 Å². The molecule has 0 amide bonds. The number of hydrogen-bond acceptors (Lipinski definition) is 3. The number of halogens is 1. The Morgan fingerprint density at radius 3 is 2.39 bits per heavy atom. The highest BCUT2D eigenvalue weighted by Gasteiger charge is 2.48. The second kappa shape index (κ2) is 4.09. The topological polar surface area (TPSA) is 37.8 Å². The van der Waals surface area contributed by atoms with Crippen LogP contribution in [0.25, 0.3) is 0 Å². The minimum absolute atomic E-state index is 0.447. The van der Waals surface area contributed by atoms with Gasteiger partial charge in [-0.3, -0.25) is 0 Å². The summed E-state index contributed by atoms with van der Waals surface area (Å²) in [7, 11) is 0. The van der Waals surface area contributed by atoms with Crippen LogP contribution in [0.1, 0.15) is 46.0 Å². The van der Waals surface area contributed by atoms with Crippen molar-refractivity contribution >= 4 is 17.4 Å². The fourth-order valence-electron chi connectivity index (χ4n) is 4.13. The monoisotopic (exact) mass is 265 g/mol. The molecule has 0 saturated heterocycles. The van der Waals surface area contributed by atoms with Crippen molar-refractivity contribution in [2.24, 2.45) is 10.8 Å². The van der Waals surface area contributed by atoms with E-state index in [0.29, 0.717) is 22.0 Å². The lowest BCUT2D eigenvalue weighted by molar-refractivity contribution is 0.158. The molecule has 1 unspecified atom stereocenters. The normalized spacial score (nSPS) is 38.7. The fraction of sp³-hybridized carbons (Fsp3) is 0.714. The van der Waals surface area contributed by atoms with Gasteiger partial charge in [-0.25, -0.2) is 0 Å².